The lowest BCUT2D eigenvalue weighted by molar-refractivity contribution is -0.00158. The van der Waals surface area contributed by atoms with Crippen molar-refractivity contribution in [3.63, 3.8) is 0 Å². The van der Waals surface area contributed by atoms with E-state index >= 15 is 0 Å². The normalized spacial score (nSPS) is 24.5. The fourth-order valence-corrected chi connectivity index (χ4v) is 3.81. The quantitative estimate of drug-likeness (QED) is 0.626. The zero-order valence-corrected chi connectivity index (χ0v) is 13.6. The van der Waals surface area contributed by atoms with E-state index in [2.05, 4.69) is 9.97 Å². The molecule has 2 aromatic heterocycles. The number of anilines is 1. The molecule has 2 atom stereocenters. The van der Waals surface area contributed by atoms with Crippen LogP contribution in [0.4, 0.5) is 23.2 Å². The number of hydrogen-bond acceptors (Lipinski definition) is 4. The number of fused-ring (bicyclic) bond motifs is 2. The molecule has 2 aromatic rings. The molecular weight excluding hydrogens is 362 g/mol. The summed E-state index contributed by atoms with van der Waals surface area (Å²) in [6.45, 7) is 1.56. The molecule has 3 heterocycles. The van der Waals surface area contributed by atoms with Crippen LogP contribution in [0.25, 0.3) is 11.0 Å². The van der Waals surface area contributed by atoms with Gasteiger partial charge in [-0.3, -0.25) is 5.73 Å². The second-order valence-electron chi connectivity index (χ2n) is 6.50. The first-order valence-electron chi connectivity index (χ1n) is 7.49. The van der Waals surface area contributed by atoms with Crippen LogP contribution in [0.15, 0.2) is 0 Å². The predicted octanol–water partition coefficient (Wildman–Crippen LogP) is 3.11. The maximum atomic E-state index is 13.8. The van der Waals surface area contributed by atoms with Crippen LogP contribution in [-0.2, 0) is 6.05 Å². The Morgan fingerprint density at radius 1 is 1.40 bits per heavy atom. The summed E-state index contributed by atoms with van der Waals surface area (Å²) in [7, 11) is 0. The van der Waals surface area contributed by atoms with Crippen LogP contribution in [0.5, 0.6) is 0 Å². The first-order chi connectivity index (χ1) is 11.6. The number of halogens is 5. The topological polar surface area (TPSA) is 81.7 Å². The van der Waals surface area contributed by atoms with Crippen LogP contribution in [0.1, 0.15) is 17.0 Å². The smallest absolute Gasteiger partial charge is 0.345 e. The van der Waals surface area contributed by atoms with Crippen molar-refractivity contribution in [1.29, 1.82) is 5.26 Å². The highest BCUT2D eigenvalue weighted by molar-refractivity contribution is 6.36. The van der Waals surface area contributed by atoms with Gasteiger partial charge in [0.2, 0.25) is 0 Å². The minimum atomic E-state index is -3.87. The molecule has 2 aliphatic rings. The van der Waals surface area contributed by atoms with Crippen LogP contribution >= 0.6 is 11.6 Å². The number of alkyl halides is 4. The Balaban J connectivity index is 1.96. The van der Waals surface area contributed by atoms with Gasteiger partial charge in [-0.05, 0) is 6.92 Å². The van der Waals surface area contributed by atoms with Crippen molar-refractivity contribution >= 4 is 28.3 Å². The van der Waals surface area contributed by atoms with Gasteiger partial charge < -0.3 is 9.88 Å². The standard InChI is InChI=1S/C15H12ClF4N5/c1-5-9(16)10-11(23-5)12(6(2-21)13(24-10)15(19,20)22)25-3-7-8(4-25)14(7,17)18/h7-8,23H,3-4,22H2,1H3. The van der Waals surface area contributed by atoms with E-state index in [4.69, 9.17) is 17.3 Å². The SMILES string of the molecule is Cc1[nH]c2c(N3CC4C(C3)C4(F)F)c(C#N)c(C(N)(F)F)nc2c1Cl. The van der Waals surface area contributed by atoms with Crippen molar-refractivity contribution in [1.82, 2.24) is 9.97 Å². The lowest BCUT2D eigenvalue weighted by atomic mass is 10.1. The number of nitrogens with zero attached hydrogens (tertiary/aromatic N) is 3. The lowest BCUT2D eigenvalue weighted by Crippen LogP contribution is -2.32. The van der Waals surface area contributed by atoms with Gasteiger partial charge in [0.25, 0.3) is 5.92 Å². The molecule has 3 N–H and O–H groups in total. The summed E-state index contributed by atoms with van der Waals surface area (Å²) in [5.74, 6) is -4.41. The van der Waals surface area contributed by atoms with Gasteiger partial charge in [0.15, 0.2) is 0 Å². The fraction of sp³-hybridized carbons (Fsp3) is 0.467. The monoisotopic (exact) mass is 373 g/mol. The van der Waals surface area contributed by atoms with Crippen molar-refractivity contribution in [2.75, 3.05) is 18.0 Å². The molecule has 0 bridgehead atoms. The van der Waals surface area contributed by atoms with Crippen LogP contribution in [0.3, 0.4) is 0 Å². The average Bonchev–Trinajstić information content (AvgIpc) is 2.88. The van der Waals surface area contributed by atoms with Crippen LogP contribution < -0.4 is 10.6 Å². The molecule has 0 aromatic carbocycles. The van der Waals surface area contributed by atoms with Gasteiger partial charge in [-0.2, -0.15) is 14.0 Å². The van der Waals surface area contributed by atoms with Crippen molar-refractivity contribution in [2.45, 2.75) is 18.9 Å². The van der Waals surface area contributed by atoms with Crippen LogP contribution in [-0.4, -0.2) is 29.0 Å². The molecule has 1 aliphatic carbocycles. The van der Waals surface area contributed by atoms with Crippen molar-refractivity contribution < 1.29 is 17.6 Å². The Morgan fingerprint density at radius 2 is 2.00 bits per heavy atom. The maximum Gasteiger partial charge on any atom is 0.345 e. The third-order valence-electron chi connectivity index (χ3n) is 4.96. The number of aryl methyl sites for hydroxylation is 1. The van der Waals surface area contributed by atoms with Crippen LogP contribution in [0.2, 0.25) is 5.02 Å². The molecule has 25 heavy (non-hydrogen) atoms. The number of nitriles is 1. The van der Waals surface area contributed by atoms with E-state index in [1.807, 2.05) is 0 Å². The summed E-state index contributed by atoms with van der Waals surface area (Å²) in [6, 6.07) is -2.16. The molecule has 5 nitrogen and oxygen atoms in total. The number of aromatic nitrogens is 2. The molecule has 10 heteroatoms. The molecule has 132 valence electrons. The number of piperidine rings is 1. The van der Waals surface area contributed by atoms with E-state index in [9.17, 15) is 22.8 Å². The number of hydrogen-bond donors (Lipinski definition) is 2. The maximum absolute atomic E-state index is 13.8. The van der Waals surface area contributed by atoms with E-state index < -0.39 is 35.1 Å². The minimum absolute atomic E-state index is 0.0310. The molecule has 1 saturated heterocycles. The van der Waals surface area contributed by atoms with E-state index in [1.54, 1.807) is 13.0 Å². The molecular formula is C15H12ClF4N5. The number of nitrogens with two attached hydrogens (primary N) is 1. The molecule has 4 rings (SSSR count). The Morgan fingerprint density at radius 3 is 2.52 bits per heavy atom. The predicted molar refractivity (Wildman–Crippen MR) is 82.8 cm³/mol. The third-order valence-corrected chi connectivity index (χ3v) is 5.43. The van der Waals surface area contributed by atoms with Crippen molar-refractivity contribution in [2.24, 2.45) is 17.6 Å². The highest BCUT2D eigenvalue weighted by Crippen LogP contribution is 2.60. The van der Waals surface area contributed by atoms with Crippen LogP contribution in [0, 0.1) is 30.1 Å². The molecule has 2 fully saturated rings. The van der Waals surface area contributed by atoms with Gasteiger partial charge in [-0.25, -0.2) is 13.8 Å². The first-order valence-corrected chi connectivity index (χ1v) is 7.87. The van der Waals surface area contributed by atoms with E-state index in [1.165, 1.54) is 4.90 Å². The Bertz CT molecular complexity index is 928. The van der Waals surface area contributed by atoms with Gasteiger partial charge in [0.05, 0.1) is 28.1 Å². The number of aromatic amines is 1. The number of rotatable bonds is 2. The third kappa shape index (κ3) is 2.14. The average molecular weight is 374 g/mol. The summed E-state index contributed by atoms with van der Waals surface area (Å²) >= 11 is 6.12. The second kappa shape index (κ2) is 4.77. The van der Waals surface area contributed by atoms with E-state index in [-0.39, 0.29) is 34.8 Å². The van der Waals surface area contributed by atoms with Gasteiger partial charge in [0.1, 0.15) is 22.8 Å². The molecule has 0 spiro atoms. The van der Waals surface area contributed by atoms with E-state index in [0.717, 1.165) is 0 Å². The molecule has 0 radical (unpaired) electrons. The summed E-state index contributed by atoms with van der Waals surface area (Å²) < 4.78 is 54.6. The Hall–Kier alpha value is -2.05. The minimum Gasteiger partial charge on any atom is -0.368 e. The van der Waals surface area contributed by atoms with Gasteiger partial charge in [-0.15, -0.1) is 0 Å². The van der Waals surface area contributed by atoms with Gasteiger partial charge in [-0.1, -0.05) is 11.6 Å². The van der Waals surface area contributed by atoms with Gasteiger partial charge >= 0.3 is 6.05 Å². The molecule has 0 amide bonds. The summed E-state index contributed by atoms with van der Waals surface area (Å²) in [6.07, 6.45) is 0. The summed E-state index contributed by atoms with van der Waals surface area (Å²) in [5, 5.41) is 9.56. The number of H-pyrrole nitrogens is 1. The number of pyridine rings is 1. The second-order valence-corrected chi connectivity index (χ2v) is 6.88. The Kier molecular flexibility index (Phi) is 3.13. The Labute approximate surface area is 144 Å². The summed E-state index contributed by atoms with van der Waals surface area (Å²) in [5.41, 5.74) is 4.44. The zero-order valence-electron chi connectivity index (χ0n) is 12.9. The summed E-state index contributed by atoms with van der Waals surface area (Å²) in [4.78, 5) is 8.22. The number of nitrogens with one attached hydrogen (secondary N) is 1. The van der Waals surface area contributed by atoms with Crippen molar-refractivity contribution in [3.8, 4) is 6.07 Å². The highest BCUT2D eigenvalue weighted by Gasteiger charge is 2.72. The first kappa shape index (κ1) is 16.4. The highest BCUT2D eigenvalue weighted by atomic mass is 35.5. The molecule has 2 unspecified atom stereocenters. The van der Waals surface area contributed by atoms with Gasteiger partial charge in [0, 0.05) is 18.8 Å². The molecule has 1 aliphatic heterocycles. The largest absolute Gasteiger partial charge is 0.368 e. The van der Waals surface area contributed by atoms with E-state index in [0.29, 0.717) is 5.69 Å². The molecule has 1 saturated carbocycles. The zero-order chi connectivity index (χ0) is 18.3. The fourth-order valence-electron chi connectivity index (χ4n) is 3.62. The van der Waals surface area contributed by atoms with Crippen molar-refractivity contribution in [3.05, 3.63) is 22.0 Å². The lowest BCUT2D eigenvalue weighted by Gasteiger charge is -2.25.